The molecule has 3 nitrogen and oxygen atoms in total. The zero-order valence-corrected chi connectivity index (χ0v) is 11.4. The Morgan fingerprint density at radius 2 is 2.00 bits per heavy atom. The molecular weight excluding hydrogens is 224 g/mol. The van der Waals surface area contributed by atoms with Crippen LogP contribution in [0.1, 0.15) is 41.2 Å². The van der Waals surface area contributed by atoms with Gasteiger partial charge in [-0.25, -0.2) is 0 Å². The third kappa shape index (κ3) is 2.99. The standard InChI is InChI=1S/C15H20N2O/c1-10-5-14(8-16-7-10)9-17-12(3)15-6-11(2)18-13(15)4/h5-8,12,17H,9H2,1-4H3. The minimum atomic E-state index is 0.281. The number of hydrogen-bond donors (Lipinski definition) is 1. The molecule has 1 atom stereocenters. The Morgan fingerprint density at radius 3 is 2.61 bits per heavy atom. The number of pyridine rings is 1. The zero-order chi connectivity index (χ0) is 13.1. The van der Waals surface area contributed by atoms with Crippen LogP contribution in [0, 0.1) is 20.8 Å². The number of aromatic nitrogens is 1. The van der Waals surface area contributed by atoms with Gasteiger partial charge in [0.2, 0.25) is 0 Å². The van der Waals surface area contributed by atoms with E-state index >= 15 is 0 Å². The predicted octanol–water partition coefficient (Wildman–Crippen LogP) is 3.45. The van der Waals surface area contributed by atoms with Crippen LogP contribution >= 0.6 is 0 Å². The lowest BCUT2D eigenvalue weighted by Crippen LogP contribution is -2.18. The molecule has 3 heteroatoms. The first-order valence-corrected chi connectivity index (χ1v) is 6.27. The monoisotopic (exact) mass is 244 g/mol. The van der Waals surface area contributed by atoms with Crippen molar-refractivity contribution in [2.24, 2.45) is 0 Å². The lowest BCUT2D eigenvalue weighted by Gasteiger charge is -2.13. The number of aryl methyl sites for hydroxylation is 3. The SMILES string of the molecule is Cc1cncc(CNC(C)c2cc(C)oc2C)c1. The molecule has 0 saturated carbocycles. The highest BCUT2D eigenvalue weighted by molar-refractivity contribution is 5.24. The highest BCUT2D eigenvalue weighted by atomic mass is 16.3. The van der Waals surface area contributed by atoms with Crippen molar-refractivity contribution in [2.75, 3.05) is 0 Å². The van der Waals surface area contributed by atoms with Crippen molar-refractivity contribution in [1.82, 2.24) is 10.3 Å². The second-order valence-corrected chi connectivity index (χ2v) is 4.84. The molecule has 2 heterocycles. The van der Waals surface area contributed by atoms with E-state index < -0.39 is 0 Å². The summed E-state index contributed by atoms with van der Waals surface area (Å²) in [4.78, 5) is 4.20. The Bertz CT molecular complexity index is 531. The van der Waals surface area contributed by atoms with Gasteiger partial charge in [0.1, 0.15) is 11.5 Å². The van der Waals surface area contributed by atoms with Crippen LogP contribution in [0.3, 0.4) is 0 Å². The highest BCUT2D eigenvalue weighted by Crippen LogP contribution is 2.21. The number of furan rings is 1. The Labute approximate surface area is 108 Å². The van der Waals surface area contributed by atoms with E-state index in [0.717, 1.165) is 18.1 Å². The maximum Gasteiger partial charge on any atom is 0.105 e. The lowest BCUT2D eigenvalue weighted by atomic mass is 10.1. The summed E-state index contributed by atoms with van der Waals surface area (Å²) in [6.07, 6.45) is 3.77. The number of nitrogens with zero attached hydrogens (tertiary/aromatic N) is 1. The number of rotatable bonds is 4. The number of hydrogen-bond acceptors (Lipinski definition) is 3. The normalized spacial score (nSPS) is 12.7. The maximum atomic E-state index is 5.55. The minimum Gasteiger partial charge on any atom is -0.466 e. The molecule has 1 unspecified atom stereocenters. The molecule has 0 aromatic carbocycles. The second-order valence-electron chi connectivity index (χ2n) is 4.84. The molecular formula is C15H20N2O. The van der Waals surface area contributed by atoms with Crippen LogP contribution in [0.4, 0.5) is 0 Å². The van der Waals surface area contributed by atoms with E-state index in [0.29, 0.717) is 0 Å². The van der Waals surface area contributed by atoms with Gasteiger partial charge >= 0.3 is 0 Å². The van der Waals surface area contributed by atoms with Gasteiger partial charge in [-0.15, -0.1) is 0 Å². The zero-order valence-electron chi connectivity index (χ0n) is 11.4. The lowest BCUT2D eigenvalue weighted by molar-refractivity contribution is 0.489. The van der Waals surface area contributed by atoms with Crippen LogP contribution < -0.4 is 5.32 Å². The van der Waals surface area contributed by atoms with E-state index in [1.165, 1.54) is 16.7 Å². The molecule has 0 radical (unpaired) electrons. The average molecular weight is 244 g/mol. The van der Waals surface area contributed by atoms with Gasteiger partial charge in [0.05, 0.1) is 0 Å². The third-order valence-corrected chi connectivity index (χ3v) is 3.09. The van der Waals surface area contributed by atoms with Crippen LogP contribution in [-0.2, 0) is 6.54 Å². The molecule has 0 amide bonds. The molecule has 0 aliphatic rings. The van der Waals surface area contributed by atoms with E-state index in [9.17, 15) is 0 Å². The quantitative estimate of drug-likeness (QED) is 0.895. The third-order valence-electron chi connectivity index (χ3n) is 3.09. The average Bonchev–Trinajstić information content (AvgIpc) is 2.66. The van der Waals surface area contributed by atoms with Gasteiger partial charge in [-0.3, -0.25) is 4.98 Å². The van der Waals surface area contributed by atoms with Gasteiger partial charge in [-0.2, -0.15) is 0 Å². The molecule has 0 aliphatic carbocycles. The van der Waals surface area contributed by atoms with E-state index in [-0.39, 0.29) is 6.04 Å². The minimum absolute atomic E-state index is 0.281. The van der Waals surface area contributed by atoms with Crippen molar-refractivity contribution in [3.63, 3.8) is 0 Å². The summed E-state index contributed by atoms with van der Waals surface area (Å²) >= 11 is 0. The molecule has 96 valence electrons. The van der Waals surface area contributed by atoms with Crippen LogP contribution in [0.15, 0.2) is 28.9 Å². The summed E-state index contributed by atoms with van der Waals surface area (Å²) in [7, 11) is 0. The molecule has 0 fully saturated rings. The first-order valence-electron chi connectivity index (χ1n) is 6.27. The summed E-state index contributed by atoms with van der Waals surface area (Å²) in [6.45, 7) is 9.02. The van der Waals surface area contributed by atoms with Gasteiger partial charge in [0, 0.05) is 30.5 Å². The Morgan fingerprint density at radius 1 is 1.22 bits per heavy atom. The van der Waals surface area contributed by atoms with Gasteiger partial charge in [0.15, 0.2) is 0 Å². The fourth-order valence-corrected chi connectivity index (χ4v) is 2.18. The Balaban J connectivity index is 2.00. The maximum absolute atomic E-state index is 5.55. The van der Waals surface area contributed by atoms with Crippen molar-refractivity contribution in [3.8, 4) is 0 Å². The van der Waals surface area contributed by atoms with E-state index in [4.69, 9.17) is 4.42 Å². The number of nitrogens with one attached hydrogen (secondary N) is 1. The topological polar surface area (TPSA) is 38.1 Å². The van der Waals surface area contributed by atoms with E-state index in [1.54, 1.807) is 0 Å². The summed E-state index contributed by atoms with van der Waals surface area (Å²) in [5.74, 6) is 1.96. The van der Waals surface area contributed by atoms with E-state index in [2.05, 4.69) is 36.3 Å². The van der Waals surface area contributed by atoms with Crippen molar-refractivity contribution in [3.05, 3.63) is 52.7 Å². The van der Waals surface area contributed by atoms with Gasteiger partial charge in [-0.05, 0) is 44.9 Å². The van der Waals surface area contributed by atoms with Crippen LogP contribution in [-0.4, -0.2) is 4.98 Å². The predicted molar refractivity (Wildman–Crippen MR) is 72.4 cm³/mol. The van der Waals surface area contributed by atoms with Crippen molar-refractivity contribution in [1.29, 1.82) is 0 Å². The first-order chi connectivity index (χ1) is 8.56. The van der Waals surface area contributed by atoms with Crippen LogP contribution in [0.5, 0.6) is 0 Å². The van der Waals surface area contributed by atoms with Crippen LogP contribution in [0.25, 0.3) is 0 Å². The molecule has 0 spiro atoms. The smallest absolute Gasteiger partial charge is 0.105 e. The Kier molecular flexibility index (Phi) is 3.82. The summed E-state index contributed by atoms with van der Waals surface area (Å²) < 4.78 is 5.55. The van der Waals surface area contributed by atoms with Gasteiger partial charge < -0.3 is 9.73 Å². The van der Waals surface area contributed by atoms with Crippen molar-refractivity contribution >= 4 is 0 Å². The van der Waals surface area contributed by atoms with Gasteiger partial charge in [0.25, 0.3) is 0 Å². The second kappa shape index (κ2) is 5.36. The van der Waals surface area contributed by atoms with Crippen molar-refractivity contribution in [2.45, 2.75) is 40.3 Å². The van der Waals surface area contributed by atoms with Crippen LogP contribution in [0.2, 0.25) is 0 Å². The summed E-state index contributed by atoms with van der Waals surface area (Å²) in [6, 6.07) is 4.53. The molecule has 0 bridgehead atoms. The molecule has 0 saturated heterocycles. The molecule has 0 aliphatic heterocycles. The molecule has 18 heavy (non-hydrogen) atoms. The molecule has 2 aromatic rings. The summed E-state index contributed by atoms with van der Waals surface area (Å²) in [5.41, 5.74) is 3.63. The fourth-order valence-electron chi connectivity index (χ4n) is 2.18. The molecule has 2 aromatic heterocycles. The van der Waals surface area contributed by atoms with Gasteiger partial charge in [-0.1, -0.05) is 6.07 Å². The summed E-state index contributed by atoms with van der Waals surface area (Å²) in [5, 5.41) is 3.50. The fraction of sp³-hybridized carbons (Fsp3) is 0.400. The van der Waals surface area contributed by atoms with E-state index in [1.807, 2.05) is 26.2 Å². The molecule has 1 N–H and O–H groups in total. The Hall–Kier alpha value is -1.61. The first kappa shape index (κ1) is 12.8. The highest BCUT2D eigenvalue weighted by Gasteiger charge is 2.11. The largest absolute Gasteiger partial charge is 0.466 e. The van der Waals surface area contributed by atoms with Crippen molar-refractivity contribution < 1.29 is 4.42 Å². The molecule has 2 rings (SSSR count).